The van der Waals surface area contributed by atoms with Crippen molar-refractivity contribution in [2.75, 3.05) is 19.8 Å². The Balaban J connectivity index is 1.66. The Morgan fingerprint density at radius 3 is 2.03 bits per heavy atom. The van der Waals surface area contributed by atoms with E-state index >= 15 is 0 Å². The van der Waals surface area contributed by atoms with Gasteiger partial charge >= 0.3 is 0 Å². The molecule has 3 aromatic carbocycles. The molecule has 1 unspecified atom stereocenters. The van der Waals surface area contributed by atoms with E-state index in [-0.39, 0.29) is 5.56 Å². The predicted octanol–water partition coefficient (Wildman–Crippen LogP) is 4.26. The van der Waals surface area contributed by atoms with Crippen molar-refractivity contribution < 1.29 is 28.5 Å². The second-order valence-electron chi connectivity index (χ2n) is 7.31. The molecule has 0 radical (unpaired) electrons. The maximum atomic E-state index is 12.7. The van der Waals surface area contributed by atoms with Gasteiger partial charge in [-0.3, -0.25) is 20.4 Å². The third-order valence-corrected chi connectivity index (χ3v) is 4.87. The van der Waals surface area contributed by atoms with Crippen LogP contribution in [0.2, 0.25) is 0 Å². The normalized spacial score (nSPS) is 11.4. The number of hydrogen-bond acceptors (Lipinski definition) is 6. The second-order valence-corrected chi connectivity index (χ2v) is 7.31. The van der Waals surface area contributed by atoms with Gasteiger partial charge < -0.3 is 18.9 Å². The van der Waals surface area contributed by atoms with Gasteiger partial charge in [0.2, 0.25) is 5.75 Å². The molecule has 0 spiro atoms. The number of rotatable bonds is 10. The minimum absolute atomic E-state index is 0.249. The molecule has 0 saturated carbocycles. The van der Waals surface area contributed by atoms with Gasteiger partial charge in [0.1, 0.15) is 5.75 Å². The standard InChI is InChI=1S/C26H30N2O6/c1-5-31-22-15-20(16-23(32-6-2)24(22)33-7-3)26(30)28-27-25(29)17(4)34-21-13-12-18-10-8-9-11-19(18)14-21/h8-17H,5-7H2,1-4H3,(H,27,29)(H,28,30). The number of ether oxygens (including phenoxy) is 4. The largest absolute Gasteiger partial charge is 0.490 e. The zero-order chi connectivity index (χ0) is 24.5. The van der Waals surface area contributed by atoms with Crippen molar-refractivity contribution in [3.05, 3.63) is 60.2 Å². The van der Waals surface area contributed by atoms with Crippen molar-refractivity contribution in [1.29, 1.82) is 0 Å². The minimum atomic E-state index is -0.834. The third-order valence-electron chi connectivity index (χ3n) is 4.87. The molecule has 34 heavy (non-hydrogen) atoms. The summed E-state index contributed by atoms with van der Waals surface area (Å²) in [7, 11) is 0. The molecule has 2 N–H and O–H groups in total. The Bertz CT molecular complexity index is 1120. The van der Waals surface area contributed by atoms with Gasteiger partial charge in [-0.05, 0) is 62.7 Å². The number of carbonyl (C=O) groups excluding carboxylic acids is 2. The van der Waals surface area contributed by atoms with Gasteiger partial charge in [-0.2, -0.15) is 0 Å². The van der Waals surface area contributed by atoms with Gasteiger partial charge in [-0.15, -0.1) is 0 Å². The second kappa shape index (κ2) is 11.8. The average molecular weight is 467 g/mol. The van der Waals surface area contributed by atoms with E-state index in [1.165, 1.54) is 0 Å². The fraction of sp³-hybridized carbons (Fsp3) is 0.308. The first-order chi connectivity index (χ1) is 16.5. The smallest absolute Gasteiger partial charge is 0.279 e. The maximum Gasteiger partial charge on any atom is 0.279 e. The fourth-order valence-electron chi connectivity index (χ4n) is 3.31. The van der Waals surface area contributed by atoms with Crippen LogP contribution in [0.4, 0.5) is 0 Å². The van der Waals surface area contributed by atoms with Gasteiger partial charge in [-0.1, -0.05) is 30.3 Å². The molecule has 2 amide bonds. The van der Waals surface area contributed by atoms with Crippen molar-refractivity contribution in [2.45, 2.75) is 33.8 Å². The zero-order valence-electron chi connectivity index (χ0n) is 19.8. The van der Waals surface area contributed by atoms with Crippen LogP contribution in [0.3, 0.4) is 0 Å². The van der Waals surface area contributed by atoms with Crippen molar-refractivity contribution in [1.82, 2.24) is 10.9 Å². The summed E-state index contributed by atoms with van der Waals surface area (Å²) in [5.41, 5.74) is 5.07. The quantitative estimate of drug-likeness (QED) is 0.434. The number of amides is 2. The average Bonchev–Trinajstić information content (AvgIpc) is 2.84. The zero-order valence-corrected chi connectivity index (χ0v) is 19.8. The van der Waals surface area contributed by atoms with Crippen LogP contribution in [0, 0.1) is 0 Å². The summed E-state index contributed by atoms with van der Waals surface area (Å²) < 4.78 is 22.7. The van der Waals surface area contributed by atoms with Crippen LogP contribution >= 0.6 is 0 Å². The molecule has 0 aromatic heterocycles. The highest BCUT2D eigenvalue weighted by Gasteiger charge is 2.20. The van der Waals surface area contributed by atoms with E-state index in [2.05, 4.69) is 10.9 Å². The highest BCUT2D eigenvalue weighted by Crippen LogP contribution is 2.39. The van der Waals surface area contributed by atoms with Gasteiger partial charge in [0.15, 0.2) is 17.6 Å². The van der Waals surface area contributed by atoms with Crippen LogP contribution in [-0.2, 0) is 4.79 Å². The summed E-state index contributed by atoms with van der Waals surface area (Å²) in [4.78, 5) is 25.2. The molecule has 180 valence electrons. The van der Waals surface area contributed by atoms with E-state index in [0.29, 0.717) is 42.8 Å². The Labute approximate surface area is 199 Å². The molecule has 1 atom stereocenters. The first kappa shape index (κ1) is 24.7. The Hall–Kier alpha value is -3.94. The molecule has 8 heteroatoms. The lowest BCUT2D eigenvalue weighted by Crippen LogP contribution is -2.47. The van der Waals surface area contributed by atoms with E-state index in [4.69, 9.17) is 18.9 Å². The van der Waals surface area contributed by atoms with Crippen molar-refractivity contribution >= 4 is 22.6 Å². The van der Waals surface area contributed by atoms with Crippen LogP contribution in [0.5, 0.6) is 23.0 Å². The monoisotopic (exact) mass is 466 g/mol. The Morgan fingerprint density at radius 1 is 0.794 bits per heavy atom. The van der Waals surface area contributed by atoms with Gasteiger partial charge in [0.05, 0.1) is 19.8 Å². The summed E-state index contributed by atoms with van der Waals surface area (Å²) in [5, 5.41) is 2.08. The highest BCUT2D eigenvalue weighted by molar-refractivity contribution is 5.97. The lowest BCUT2D eigenvalue weighted by Gasteiger charge is -2.18. The summed E-state index contributed by atoms with van der Waals surface area (Å²) in [5.74, 6) is 0.740. The van der Waals surface area contributed by atoms with Crippen LogP contribution < -0.4 is 29.8 Å². The van der Waals surface area contributed by atoms with Crippen molar-refractivity contribution in [3.8, 4) is 23.0 Å². The Kier molecular flexibility index (Phi) is 8.56. The summed E-state index contributed by atoms with van der Waals surface area (Å²) >= 11 is 0. The minimum Gasteiger partial charge on any atom is -0.490 e. The molecular weight excluding hydrogens is 436 g/mol. The number of carbonyl (C=O) groups is 2. The van der Waals surface area contributed by atoms with Crippen LogP contribution in [0.25, 0.3) is 10.8 Å². The fourth-order valence-corrected chi connectivity index (χ4v) is 3.31. The number of nitrogens with one attached hydrogen (secondary N) is 2. The lowest BCUT2D eigenvalue weighted by atomic mass is 10.1. The molecule has 3 rings (SSSR count). The van der Waals surface area contributed by atoms with Crippen LogP contribution in [0.15, 0.2) is 54.6 Å². The molecule has 0 aliphatic rings. The van der Waals surface area contributed by atoms with E-state index in [9.17, 15) is 9.59 Å². The molecule has 0 aliphatic carbocycles. The van der Waals surface area contributed by atoms with E-state index < -0.39 is 17.9 Å². The summed E-state index contributed by atoms with van der Waals surface area (Å²) in [6.07, 6.45) is -0.834. The first-order valence-electron chi connectivity index (χ1n) is 11.3. The first-order valence-corrected chi connectivity index (χ1v) is 11.3. The van der Waals surface area contributed by atoms with Crippen molar-refractivity contribution in [2.24, 2.45) is 0 Å². The number of fused-ring (bicyclic) bond motifs is 1. The molecule has 0 fully saturated rings. The SMILES string of the molecule is CCOc1cc(C(=O)NNC(=O)C(C)Oc2ccc3ccccc3c2)cc(OCC)c1OCC. The summed E-state index contributed by atoms with van der Waals surface area (Å²) in [6.45, 7) is 8.31. The number of benzene rings is 3. The molecule has 0 aliphatic heterocycles. The highest BCUT2D eigenvalue weighted by atomic mass is 16.5. The molecular formula is C26H30N2O6. The topological polar surface area (TPSA) is 95.1 Å². The van der Waals surface area contributed by atoms with Crippen LogP contribution in [0.1, 0.15) is 38.1 Å². The molecule has 8 nitrogen and oxygen atoms in total. The lowest BCUT2D eigenvalue weighted by molar-refractivity contribution is -0.128. The molecule has 0 heterocycles. The maximum absolute atomic E-state index is 12.7. The number of hydrogen-bond donors (Lipinski definition) is 2. The van der Waals surface area contributed by atoms with Gasteiger partial charge in [-0.25, -0.2) is 0 Å². The molecule has 0 bridgehead atoms. The summed E-state index contributed by atoms with van der Waals surface area (Å²) in [6, 6.07) is 16.6. The van der Waals surface area contributed by atoms with Gasteiger partial charge in [0.25, 0.3) is 11.8 Å². The molecule has 3 aromatic rings. The molecule has 0 saturated heterocycles. The van der Waals surface area contributed by atoms with E-state index in [1.807, 2.05) is 57.2 Å². The number of hydrazine groups is 1. The van der Waals surface area contributed by atoms with Crippen LogP contribution in [-0.4, -0.2) is 37.7 Å². The van der Waals surface area contributed by atoms with Crippen molar-refractivity contribution in [3.63, 3.8) is 0 Å². The Morgan fingerprint density at radius 2 is 1.41 bits per heavy atom. The van der Waals surface area contributed by atoms with Gasteiger partial charge in [0, 0.05) is 5.56 Å². The van der Waals surface area contributed by atoms with E-state index in [0.717, 1.165) is 10.8 Å². The van der Waals surface area contributed by atoms with E-state index in [1.54, 1.807) is 25.1 Å². The third kappa shape index (κ3) is 6.10. The predicted molar refractivity (Wildman–Crippen MR) is 130 cm³/mol.